The van der Waals surface area contributed by atoms with Crippen LogP contribution < -0.4 is 5.69 Å². The van der Waals surface area contributed by atoms with Gasteiger partial charge in [-0.2, -0.15) is 18.2 Å². The van der Waals surface area contributed by atoms with Gasteiger partial charge in [-0.15, -0.1) is 0 Å². The summed E-state index contributed by atoms with van der Waals surface area (Å²) in [6, 6.07) is 12.9. The Morgan fingerprint density at radius 2 is 1.54 bits per heavy atom. The summed E-state index contributed by atoms with van der Waals surface area (Å²) in [5.74, 6) is -0.535. The molecule has 0 amide bonds. The van der Waals surface area contributed by atoms with E-state index >= 15 is 0 Å². The number of halogens is 4. The molecule has 3 rings (SSSR count). The lowest BCUT2D eigenvalue weighted by atomic mass is 10.1. The van der Waals surface area contributed by atoms with Gasteiger partial charge in [0.1, 0.15) is 11.5 Å². The van der Waals surface area contributed by atoms with E-state index in [1.807, 2.05) is 0 Å². The molecule has 0 aliphatic carbocycles. The highest BCUT2D eigenvalue weighted by Crippen LogP contribution is 2.32. The van der Waals surface area contributed by atoms with Crippen molar-refractivity contribution in [2.45, 2.75) is 6.18 Å². The maximum absolute atomic E-state index is 13.4. The van der Waals surface area contributed by atoms with Crippen LogP contribution in [0.5, 0.6) is 0 Å². The summed E-state index contributed by atoms with van der Waals surface area (Å²) in [5.41, 5.74) is -2.09. The SMILES string of the molecule is O=c1nc(-c2ccc(F)cc2)cc(C(F)(F)F)n1-c1ccccc1. The Hall–Kier alpha value is -2.96. The Kier molecular flexibility index (Phi) is 3.92. The number of hydrogen-bond acceptors (Lipinski definition) is 2. The van der Waals surface area contributed by atoms with Gasteiger partial charge in [0.25, 0.3) is 0 Å². The zero-order chi connectivity index (χ0) is 17.3. The van der Waals surface area contributed by atoms with Crippen LogP contribution in [0.25, 0.3) is 16.9 Å². The molecule has 1 heterocycles. The summed E-state index contributed by atoms with van der Waals surface area (Å²) in [7, 11) is 0. The van der Waals surface area contributed by atoms with Gasteiger partial charge in [-0.05, 0) is 42.5 Å². The maximum Gasteiger partial charge on any atom is 0.432 e. The molecule has 1 aromatic heterocycles. The van der Waals surface area contributed by atoms with E-state index in [-0.39, 0.29) is 16.9 Å². The molecule has 2 aromatic carbocycles. The Morgan fingerprint density at radius 3 is 2.12 bits per heavy atom. The van der Waals surface area contributed by atoms with Crippen molar-refractivity contribution in [3.8, 4) is 16.9 Å². The van der Waals surface area contributed by atoms with E-state index in [0.29, 0.717) is 4.57 Å². The van der Waals surface area contributed by atoms with Crippen molar-refractivity contribution < 1.29 is 17.6 Å². The van der Waals surface area contributed by atoms with Crippen LogP contribution in [0.3, 0.4) is 0 Å². The molecular weight excluding hydrogens is 324 g/mol. The number of para-hydroxylation sites is 1. The smallest absolute Gasteiger partial charge is 0.256 e. The fourth-order valence-corrected chi connectivity index (χ4v) is 2.29. The van der Waals surface area contributed by atoms with Crippen LogP contribution in [-0.4, -0.2) is 9.55 Å². The summed E-state index contributed by atoms with van der Waals surface area (Å²) in [6.45, 7) is 0. The first-order chi connectivity index (χ1) is 11.4. The highest BCUT2D eigenvalue weighted by atomic mass is 19.4. The molecule has 0 saturated heterocycles. The molecule has 0 atom stereocenters. The van der Waals surface area contributed by atoms with Crippen molar-refractivity contribution in [1.82, 2.24) is 9.55 Å². The third kappa shape index (κ3) is 3.05. The second-order valence-corrected chi connectivity index (χ2v) is 4.98. The van der Waals surface area contributed by atoms with Crippen LogP contribution in [0.4, 0.5) is 17.6 Å². The standard InChI is InChI=1S/C17H10F4N2O/c18-12-8-6-11(7-9-12)14-10-15(17(19,20)21)23(16(24)22-14)13-4-2-1-3-5-13/h1-10H. The minimum Gasteiger partial charge on any atom is -0.256 e. The number of hydrogen-bond donors (Lipinski definition) is 0. The molecule has 122 valence electrons. The summed E-state index contributed by atoms with van der Waals surface area (Å²) in [4.78, 5) is 15.9. The molecule has 0 spiro atoms. The van der Waals surface area contributed by atoms with Gasteiger partial charge >= 0.3 is 11.9 Å². The van der Waals surface area contributed by atoms with Gasteiger partial charge in [0, 0.05) is 5.56 Å². The van der Waals surface area contributed by atoms with Crippen molar-refractivity contribution in [2.24, 2.45) is 0 Å². The highest BCUT2D eigenvalue weighted by Gasteiger charge is 2.36. The van der Waals surface area contributed by atoms with E-state index in [9.17, 15) is 22.4 Å². The molecule has 0 radical (unpaired) electrons. The molecule has 3 nitrogen and oxygen atoms in total. The van der Waals surface area contributed by atoms with Crippen LogP contribution in [0.2, 0.25) is 0 Å². The van der Waals surface area contributed by atoms with Crippen LogP contribution in [0.15, 0.2) is 65.5 Å². The molecule has 0 N–H and O–H groups in total. The van der Waals surface area contributed by atoms with Gasteiger partial charge in [0.05, 0.1) is 11.4 Å². The number of benzene rings is 2. The molecule has 0 fully saturated rings. The van der Waals surface area contributed by atoms with Crippen molar-refractivity contribution in [1.29, 1.82) is 0 Å². The Bertz CT molecular complexity index is 916. The van der Waals surface area contributed by atoms with Crippen LogP contribution in [-0.2, 0) is 6.18 Å². The third-order valence-electron chi connectivity index (χ3n) is 3.37. The number of aromatic nitrogens is 2. The van der Waals surface area contributed by atoms with Gasteiger partial charge in [0.2, 0.25) is 0 Å². The van der Waals surface area contributed by atoms with Gasteiger partial charge in [0.15, 0.2) is 0 Å². The average Bonchev–Trinajstić information content (AvgIpc) is 2.55. The fourth-order valence-electron chi connectivity index (χ4n) is 2.29. The van der Waals surface area contributed by atoms with Crippen molar-refractivity contribution in [3.05, 3.63) is 82.7 Å². The van der Waals surface area contributed by atoms with Crippen LogP contribution >= 0.6 is 0 Å². The zero-order valence-corrected chi connectivity index (χ0v) is 12.1. The van der Waals surface area contributed by atoms with Gasteiger partial charge in [-0.1, -0.05) is 18.2 Å². The van der Waals surface area contributed by atoms with Crippen molar-refractivity contribution in [3.63, 3.8) is 0 Å². The Morgan fingerprint density at radius 1 is 0.917 bits per heavy atom. The first-order valence-corrected chi connectivity index (χ1v) is 6.89. The summed E-state index contributed by atoms with van der Waals surface area (Å²) in [5, 5.41) is 0. The third-order valence-corrected chi connectivity index (χ3v) is 3.37. The van der Waals surface area contributed by atoms with E-state index in [1.165, 1.54) is 36.4 Å². The minimum atomic E-state index is -4.76. The summed E-state index contributed by atoms with van der Waals surface area (Å²) < 4.78 is 53.8. The molecule has 0 unspecified atom stereocenters. The lowest BCUT2D eigenvalue weighted by molar-refractivity contribution is -0.143. The topological polar surface area (TPSA) is 34.9 Å². The summed E-state index contributed by atoms with van der Waals surface area (Å²) in [6.07, 6.45) is -4.76. The quantitative estimate of drug-likeness (QED) is 0.663. The van der Waals surface area contributed by atoms with Crippen LogP contribution in [0.1, 0.15) is 5.69 Å². The monoisotopic (exact) mass is 334 g/mol. The Balaban J connectivity index is 2.26. The lowest BCUT2D eigenvalue weighted by Crippen LogP contribution is -2.29. The first-order valence-electron chi connectivity index (χ1n) is 6.89. The first kappa shape index (κ1) is 15.9. The van der Waals surface area contributed by atoms with Crippen molar-refractivity contribution >= 4 is 0 Å². The van der Waals surface area contributed by atoms with E-state index in [1.54, 1.807) is 6.07 Å². The molecular formula is C17H10F4N2O. The van der Waals surface area contributed by atoms with Gasteiger partial charge in [-0.25, -0.2) is 9.18 Å². The van der Waals surface area contributed by atoms with E-state index in [2.05, 4.69) is 4.98 Å². The highest BCUT2D eigenvalue weighted by molar-refractivity contribution is 5.59. The fraction of sp³-hybridized carbons (Fsp3) is 0.0588. The van der Waals surface area contributed by atoms with Gasteiger partial charge in [-0.3, -0.25) is 4.57 Å². The number of rotatable bonds is 2. The molecule has 0 aliphatic rings. The number of alkyl halides is 3. The maximum atomic E-state index is 13.4. The van der Waals surface area contributed by atoms with E-state index in [0.717, 1.165) is 18.2 Å². The second kappa shape index (κ2) is 5.92. The molecule has 7 heteroatoms. The molecule has 24 heavy (non-hydrogen) atoms. The number of nitrogens with zero attached hydrogens (tertiary/aromatic N) is 2. The molecule has 0 saturated carbocycles. The van der Waals surface area contributed by atoms with Crippen LogP contribution in [0, 0.1) is 5.82 Å². The normalized spacial score (nSPS) is 11.5. The Labute approximate surface area is 133 Å². The van der Waals surface area contributed by atoms with Crippen molar-refractivity contribution in [2.75, 3.05) is 0 Å². The van der Waals surface area contributed by atoms with Gasteiger partial charge < -0.3 is 0 Å². The van der Waals surface area contributed by atoms with E-state index < -0.39 is 23.4 Å². The molecule has 0 bridgehead atoms. The second-order valence-electron chi connectivity index (χ2n) is 4.98. The lowest BCUT2D eigenvalue weighted by Gasteiger charge is -2.16. The van der Waals surface area contributed by atoms with E-state index in [4.69, 9.17) is 0 Å². The average molecular weight is 334 g/mol. The molecule has 3 aromatic rings. The molecule has 0 aliphatic heterocycles. The predicted molar refractivity (Wildman–Crippen MR) is 80.2 cm³/mol. The predicted octanol–water partition coefficient (Wildman–Crippen LogP) is 4.06. The zero-order valence-electron chi connectivity index (χ0n) is 12.1. The largest absolute Gasteiger partial charge is 0.432 e. The summed E-state index contributed by atoms with van der Waals surface area (Å²) >= 11 is 0. The minimum absolute atomic E-state index is 0.0629.